The summed E-state index contributed by atoms with van der Waals surface area (Å²) in [6.07, 6.45) is 1.97. The van der Waals surface area contributed by atoms with Gasteiger partial charge in [-0.05, 0) is 34.5 Å². The molecule has 2 N–H and O–H groups in total. The maximum absolute atomic E-state index is 11.6. The molecule has 0 spiro atoms. The van der Waals surface area contributed by atoms with Crippen molar-refractivity contribution in [2.24, 2.45) is 11.8 Å². The lowest BCUT2D eigenvalue weighted by atomic mass is 10.3. The number of amides is 1. The van der Waals surface area contributed by atoms with Gasteiger partial charge in [0.05, 0.1) is 16.3 Å². The van der Waals surface area contributed by atoms with E-state index in [1.807, 2.05) is 0 Å². The summed E-state index contributed by atoms with van der Waals surface area (Å²) in [5.41, 5.74) is 0. The first-order valence-corrected chi connectivity index (χ1v) is 5.53. The number of aliphatic carboxylic acids is 1. The zero-order valence-electron chi connectivity index (χ0n) is 8.18. The number of carbonyl (C=O) groups excluding carboxylic acids is 1. The molecule has 0 bridgehead atoms. The molecule has 16 heavy (non-hydrogen) atoms. The largest absolute Gasteiger partial charge is 0.481 e. The third-order valence-electron chi connectivity index (χ3n) is 2.44. The Labute approximate surface area is 100 Å². The second kappa shape index (κ2) is 4.21. The minimum Gasteiger partial charge on any atom is -0.481 e. The lowest BCUT2D eigenvalue weighted by molar-refractivity contribution is -0.139. The smallest absolute Gasteiger partial charge is 0.307 e. The number of pyridine rings is 1. The van der Waals surface area contributed by atoms with Crippen molar-refractivity contribution in [1.29, 1.82) is 0 Å². The molecule has 84 valence electrons. The fraction of sp³-hybridized carbons (Fsp3) is 0.300. The Kier molecular flexibility index (Phi) is 2.91. The van der Waals surface area contributed by atoms with Gasteiger partial charge in [-0.25, -0.2) is 4.98 Å². The van der Waals surface area contributed by atoms with Crippen molar-refractivity contribution in [3.63, 3.8) is 0 Å². The fourth-order valence-electron chi connectivity index (χ4n) is 1.44. The normalized spacial score (nSPS) is 22.6. The second-order valence-corrected chi connectivity index (χ2v) is 4.46. The van der Waals surface area contributed by atoms with Crippen LogP contribution in [0.1, 0.15) is 6.42 Å². The van der Waals surface area contributed by atoms with Crippen LogP contribution in [0.5, 0.6) is 0 Å². The number of halogens is 1. The number of nitrogens with zero attached hydrogens (tertiary/aromatic N) is 1. The van der Waals surface area contributed by atoms with E-state index in [1.54, 1.807) is 18.3 Å². The SMILES string of the molecule is O=C(O)[C@H]1C[C@H]1C(=O)Nc1ncccc1Br. The zero-order valence-corrected chi connectivity index (χ0v) is 9.77. The minimum absolute atomic E-state index is 0.285. The lowest BCUT2D eigenvalue weighted by Crippen LogP contribution is -2.17. The second-order valence-electron chi connectivity index (χ2n) is 3.61. The molecule has 1 aliphatic rings. The number of aromatic nitrogens is 1. The molecule has 0 aliphatic heterocycles. The lowest BCUT2D eigenvalue weighted by Gasteiger charge is -2.04. The topological polar surface area (TPSA) is 79.3 Å². The molecule has 0 unspecified atom stereocenters. The van der Waals surface area contributed by atoms with Crippen LogP contribution in [0.25, 0.3) is 0 Å². The highest BCUT2D eigenvalue weighted by atomic mass is 79.9. The number of hydrogen-bond acceptors (Lipinski definition) is 3. The summed E-state index contributed by atoms with van der Waals surface area (Å²) >= 11 is 3.24. The predicted molar refractivity (Wildman–Crippen MR) is 59.8 cm³/mol. The molecule has 1 aromatic rings. The maximum Gasteiger partial charge on any atom is 0.307 e. The maximum atomic E-state index is 11.6. The van der Waals surface area contributed by atoms with Crippen molar-refractivity contribution in [2.75, 3.05) is 5.32 Å². The van der Waals surface area contributed by atoms with Gasteiger partial charge < -0.3 is 10.4 Å². The first-order chi connectivity index (χ1) is 7.59. The molecule has 1 amide bonds. The van der Waals surface area contributed by atoms with Crippen LogP contribution in [-0.2, 0) is 9.59 Å². The third kappa shape index (κ3) is 2.21. The molecular formula is C10H9BrN2O3. The molecule has 1 saturated carbocycles. The van der Waals surface area contributed by atoms with Gasteiger partial charge in [-0.15, -0.1) is 0 Å². The Morgan fingerprint density at radius 3 is 2.81 bits per heavy atom. The van der Waals surface area contributed by atoms with E-state index in [4.69, 9.17) is 5.11 Å². The summed E-state index contributed by atoms with van der Waals surface area (Å²) in [7, 11) is 0. The molecule has 0 radical (unpaired) electrons. The van der Waals surface area contributed by atoms with Crippen molar-refractivity contribution < 1.29 is 14.7 Å². The van der Waals surface area contributed by atoms with Crippen molar-refractivity contribution in [3.8, 4) is 0 Å². The summed E-state index contributed by atoms with van der Waals surface area (Å²) in [4.78, 5) is 26.2. The molecule has 6 heteroatoms. The highest BCUT2D eigenvalue weighted by Gasteiger charge is 2.48. The van der Waals surface area contributed by atoms with E-state index in [1.165, 1.54) is 0 Å². The molecule has 5 nitrogen and oxygen atoms in total. The molecule has 2 atom stereocenters. The van der Waals surface area contributed by atoms with Crippen LogP contribution in [0.4, 0.5) is 5.82 Å². The van der Waals surface area contributed by atoms with Gasteiger partial charge in [-0.1, -0.05) is 0 Å². The molecule has 1 aromatic heterocycles. The first-order valence-electron chi connectivity index (χ1n) is 4.74. The van der Waals surface area contributed by atoms with Crippen molar-refractivity contribution in [1.82, 2.24) is 4.98 Å². The Bertz CT molecular complexity index is 449. The van der Waals surface area contributed by atoms with Gasteiger partial charge in [-0.3, -0.25) is 9.59 Å². The number of rotatable bonds is 3. The molecule has 0 aromatic carbocycles. The molecule has 0 saturated heterocycles. The van der Waals surface area contributed by atoms with Crippen molar-refractivity contribution in [2.45, 2.75) is 6.42 Å². The summed E-state index contributed by atoms with van der Waals surface area (Å²) in [6.45, 7) is 0. The van der Waals surface area contributed by atoms with E-state index in [0.29, 0.717) is 16.7 Å². The Balaban J connectivity index is 1.99. The minimum atomic E-state index is -0.916. The fourth-order valence-corrected chi connectivity index (χ4v) is 1.80. The number of nitrogens with one attached hydrogen (secondary N) is 1. The van der Waals surface area contributed by atoms with Crippen LogP contribution in [0, 0.1) is 11.8 Å². The average molecular weight is 285 g/mol. The number of anilines is 1. The summed E-state index contributed by atoms with van der Waals surface area (Å²) in [5.74, 6) is -1.75. The van der Waals surface area contributed by atoms with Crippen LogP contribution in [0.15, 0.2) is 22.8 Å². The highest BCUT2D eigenvalue weighted by Crippen LogP contribution is 2.39. The van der Waals surface area contributed by atoms with E-state index in [9.17, 15) is 9.59 Å². The Hall–Kier alpha value is -1.43. The van der Waals surface area contributed by atoms with E-state index < -0.39 is 17.8 Å². The standard InChI is InChI=1S/C10H9BrN2O3/c11-7-2-1-3-12-8(7)13-9(14)5-4-6(5)10(15)16/h1-3,5-6H,4H2,(H,15,16)(H,12,13,14)/t5-,6+/m1/s1. The van der Waals surface area contributed by atoms with Gasteiger partial charge in [0.2, 0.25) is 5.91 Å². The summed E-state index contributed by atoms with van der Waals surface area (Å²) < 4.78 is 0.677. The van der Waals surface area contributed by atoms with Gasteiger partial charge in [0, 0.05) is 6.20 Å². The van der Waals surface area contributed by atoms with Crippen molar-refractivity contribution >= 4 is 33.6 Å². The quantitative estimate of drug-likeness (QED) is 0.882. The van der Waals surface area contributed by atoms with Gasteiger partial charge in [0.1, 0.15) is 5.82 Å². The van der Waals surface area contributed by atoms with Crippen LogP contribution < -0.4 is 5.32 Å². The molecule has 2 rings (SSSR count). The average Bonchev–Trinajstić information content (AvgIpc) is 3.01. The number of carboxylic acids is 1. The molecular weight excluding hydrogens is 276 g/mol. The van der Waals surface area contributed by atoms with Crippen LogP contribution in [-0.4, -0.2) is 22.0 Å². The number of carbonyl (C=O) groups is 2. The Morgan fingerprint density at radius 1 is 1.50 bits per heavy atom. The predicted octanol–water partition coefficient (Wildman–Crippen LogP) is 1.50. The van der Waals surface area contributed by atoms with Crippen LogP contribution in [0.3, 0.4) is 0 Å². The van der Waals surface area contributed by atoms with Gasteiger partial charge >= 0.3 is 5.97 Å². The summed E-state index contributed by atoms with van der Waals surface area (Å²) in [5, 5.41) is 11.3. The Morgan fingerprint density at radius 2 is 2.25 bits per heavy atom. The number of carboxylic acid groups (broad SMARTS) is 1. The van der Waals surface area contributed by atoms with Gasteiger partial charge in [0.15, 0.2) is 0 Å². The van der Waals surface area contributed by atoms with Crippen LogP contribution >= 0.6 is 15.9 Å². The molecule has 1 heterocycles. The third-order valence-corrected chi connectivity index (χ3v) is 3.08. The van der Waals surface area contributed by atoms with E-state index in [2.05, 4.69) is 26.2 Å². The van der Waals surface area contributed by atoms with Crippen LogP contribution in [0.2, 0.25) is 0 Å². The van der Waals surface area contributed by atoms with Gasteiger partial charge in [-0.2, -0.15) is 0 Å². The highest BCUT2D eigenvalue weighted by molar-refractivity contribution is 9.10. The molecule has 1 fully saturated rings. The van der Waals surface area contributed by atoms with E-state index in [-0.39, 0.29) is 5.91 Å². The molecule has 1 aliphatic carbocycles. The summed E-state index contributed by atoms with van der Waals surface area (Å²) in [6, 6.07) is 3.49. The van der Waals surface area contributed by atoms with E-state index >= 15 is 0 Å². The monoisotopic (exact) mass is 284 g/mol. The number of hydrogen-bond donors (Lipinski definition) is 2. The zero-order chi connectivity index (χ0) is 11.7. The van der Waals surface area contributed by atoms with Gasteiger partial charge in [0.25, 0.3) is 0 Å². The first kappa shape index (κ1) is 11.1. The van der Waals surface area contributed by atoms with Crippen molar-refractivity contribution in [3.05, 3.63) is 22.8 Å². The van der Waals surface area contributed by atoms with E-state index in [0.717, 1.165) is 0 Å².